The van der Waals surface area contributed by atoms with Gasteiger partial charge in [-0.25, -0.2) is 0 Å². The number of aromatic nitrogens is 1. The Morgan fingerprint density at radius 3 is 2.94 bits per heavy atom. The van der Waals surface area contributed by atoms with Crippen molar-refractivity contribution in [1.29, 1.82) is 5.26 Å². The number of hydrogen-bond acceptors (Lipinski definition) is 2. The highest BCUT2D eigenvalue weighted by Gasteiger charge is 2.00. The minimum atomic E-state index is 0.122. The number of benzene rings is 1. The number of nitrogens with two attached hydrogens (primary N) is 1. The molecule has 78 valence electrons. The van der Waals surface area contributed by atoms with Crippen molar-refractivity contribution in [1.82, 2.24) is 4.98 Å². The van der Waals surface area contributed by atoms with Crippen LogP contribution in [0.1, 0.15) is 5.56 Å². The van der Waals surface area contributed by atoms with Gasteiger partial charge in [0.1, 0.15) is 11.1 Å². The fraction of sp³-hybridized carbons (Fsp3) is 0. The van der Waals surface area contributed by atoms with E-state index in [0.717, 1.165) is 16.5 Å². The van der Waals surface area contributed by atoms with Crippen molar-refractivity contribution in [2.45, 2.75) is 0 Å². The molecule has 0 radical (unpaired) electrons. The Labute approximate surface area is 98.2 Å². The first kappa shape index (κ1) is 10.4. The summed E-state index contributed by atoms with van der Waals surface area (Å²) >= 11 is 4.78. The summed E-state index contributed by atoms with van der Waals surface area (Å²) in [7, 11) is 0. The van der Waals surface area contributed by atoms with Crippen molar-refractivity contribution in [3.8, 4) is 6.07 Å². The van der Waals surface area contributed by atoms with E-state index in [9.17, 15) is 0 Å². The van der Waals surface area contributed by atoms with Crippen molar-refractivity contribution in [2.75, 3.05) is 0 Å². The van der Waals surface area contributed by atoms with Crippen LogP contribution in [0, 0.1) is 11.3 Å². The van der Waals surface area contributed by atoms with E-state index in [-0.39, 0.29) is 4.99 Å². The van der Waals surface area contributed by atoms with Crippen LogP contribution in [-0.2, 0) is 0 Å². The molecule has 0 amide bonds. The van der Waals surface area contributed by atoms with Crippen LogP contribution in [0.3, 0.4) is 0 Å². The van der Waals surface area contributed by atoms with Crippen molar-refractivity contribution in [3.63, 3.8) is 0 Å². The molecule has 0 unspecified atom stereocenters. The van der Waals surface area contributed by atoms with Crippen molar-refractivity contribution in [2.24, 2.45) is 5.73 Å². The number of thiocarbonyl (C=S) groups is 1. The summed E-state index contributed by atoms with van der Waals surface area (Å²) in [5.41, 5.74) is 7.72. The van der Waals surface area contributed by atoms with Crippen LogP contribution in [0.2, 0.25) is 0 Å². The molecule has 1 heterocycles. The van der Waals surface area contributed by atoms with E-state index in [0.29, 0.717) is 5.57 Å². The zero-order valence-electron chi connectivity index (χ0n) is 8.40. The summed E-state index contributed by atoms with van der Waals surface area (Å²) < 4.78 is 0. The van der Waals surface area contributed by atoms with Crippen LogP contribution in [0.4, 0.5) is 0 Å². The lowest BCUT2D eigenvalue weighted by Crippen LogP contribution is -2.09. The predicted molar refractivity (Wildman–Crippen MR) is 68.7 cm³/mol. The first-order valence-electron chi connectivity index (χ1n) is 4.69. The van der Waals surface area contributed by atoms with Gasteiger partial charge in [0.05, 0.1) is 5.57 Å². The SMILES string of the molecule is N#C/C(=C\c1ccc2[nH]ccc2c1)C(N)=S. The lowest BCUT2D eigenvalue weighted by Gasteiger charge is -1.97. The van der Waals surface area contributed by atoms with Crippen molar-refractivity contribution in [3.05, 3.63) is 41.6 Å². The normalized spacial score (nSPS) is 11.3. The number of nitriles is 1. The minimum absolute atomic E-state index is 0.122. The maximum absolute atomic E-state index is 8.84. The second-order valence-corrected chi connectivity index (χ2v) is 3.80. The molecule has 0 aliphatic rings. The summed E-state index contributed by atoms with van der Waals surface area (Å²) in [6.45, 7) is 0. The van der Waals surface area contributed by atoms with E-state index in [1.807, 2.05) is 36.5 Å². The topological polar surface area (TPSA) is 65.6 Å². The maximum atomic E-state index is 8.84. The number of nitrogens with zero attached hydrogens (tertiary/aromatic N) is 1. The van der Waals surface area contributed by atoms with E-state index >= 15 is 0 Å². The third kappa shape index (κ3) is 1.95. The smallest absolute Gasteiger partial charge is 0.114 e. The molecular formula is C12H9N3S. The Hall–Kier alpha value is -2.12. The molecular weight excluding hydrogens is 218 g/mol. The summed E-state index contributed by atoms with van der Waals surface area (Å²) in [6, 6.07) is 9.79. The molecule has 16 heavy (non-hydrogen) atoms. The van der Waals surface area contributed by atoms with Crippen LogP contribution in [0.25, 0.3) is 17.0 Å². The molecule has 1 aromatic carbocycles. The number of fused-ring (bicyclic) bond motifs is 1. The zero-order chi connectivity index (χ0) is 11.5. The van der Waals surface area contributed by atoms with Crippen LogP contribution < -0.4 is 5.73 Å². The third-order valence-corrected chi connectivity index (χ3v) is 2.49. The van der Waals surface area contributed by atoms with Gasteiger partial charge < -0.3 is 10.7 Å². The number of H-pyrrole nitrogens is 1. The van der Waals surface area contributed by atoms with Crippen LogP contribution in [-0.4, -0.2) is 9.97 Å². The van der Waals surface area contributed by atoms with E-state index < -0.39 is 0 Å². The molecule has 0 saturated heterocycles. The van der Waals surface area contributed by atoms with Gasteiger partial charge in [-0.1, -0.05) is 18.3 Å². The molecule has 2 aromatic rings. The summed E-state index contributed by atoms with van der Waals surface area (Å²) in [4.78, 5) is 3.22. The standard InChI is InChI=1S/C12H9N3S/c13-7-10(12(14)16)6-8-1-2-11-9(5-8)3-4-15-11/h1-6,15H,(H2,14,16)/b10-6+. The van der Waals surface area contributed by atoms with Gasteiger partial charge in [-0.2, -0.15) is 5.26 Å². The Kier molecular flexibility index (Phi) is 2.71. The molecule has 0 atom stereocenters. The highest BCUT2D eigenvalue weighted by molar-refractivity contribution is 7.80. The molecule has 4 heteroatoms. The summed E-state index contributed by atoms with van der Waals surface area (Å²) in [5.74, 6) is 0. The Morgan fingerprint density at radius 1 is 1.44 bits per heavy atom. The van der Waals surface area contributed by atoms with Gasteiger partial charge in [0.15, 0.2) is 0 Å². The molecule has 0 fully saturated rings. The molecule has 0 bridgehead atoms. The Bertz CT molecular complexity index is 616. The van der Waals surface area contributed by atoms with Gasteiger partial charge in [0.25, 0.3) is 0 Å². The number of nitrogens with one attached hydrogen (secondary N) is 1. The average Bonchev–Trinajstić information content (AvgIpc) is 2.72. The largest absolute Gasteiger partial charge is 0.389 e. The number of hydrogen-bond donors (Lipinski definition) is 2. The summed E-state index contributed by atoms with van der Waals surface area (Å²) in [6.07, 6.45) is 3.56. The van der Waals surface area contributed by atoms with E-state index in [1.54, 1.807) is 6.08 Å². The highest BCUT2D eigenvalue weighted by Crippen LogP contribution is 2.16. The van der Waals surface area contributed by atoms with Gasteiger partial charge in [-0.15, -0.1) is 0 Å². The van der Waals surface area contributed by atoms with Gasteiger partial charge >= 0.3 is 0 Å². The Balaban J connectivity index is 2.48. The number of rotatable bonds is 2. The average molecular weight is 227 g/mol. The van der Waals surface area contributed by atoms with Gasteiger partial charge in [0.2, 0.25) is 0 Å². The minimum Gasteiger partial charge on any atom is -0.389 e. The second kappa shape index (κ2) is 4.17. The fourth-order valence-electron chi connectivity index (χ4n) is 1.49. The first-order chi connectivity index (χ1) is 7.70. The molecule has 3 N–H and O–H groups in total. The lowest BCUT2D eigenvalue weighted by atomic mass is 10.1. The fourth-order valence-corrected chi connectivity index (χ4v) is 1.59. The van der Waals surface area contributed by atoms with Crippen LogP contribution in [0.5, 0.6) is 0 Å². The molecule has 1 aromatic heterocycles. The molecule has 0 saturated carbocycles. The Morgan fingerprint density at radius 2 is 2.25 bits per heavy atom. The molecule has 0 aliphatic heterocycles. The highest BCUT2D eigenvalue weighted by atomic mass is 32.1. The maximum Gasteiger partial charge on any atom is 0.114 e. The van der Waals surface area contributed by atoms with Gasteiger partial charge in [-0.05, 0) is 35.2 Å². The van der Waals surface area contributed by atoms with E-state index in [2.05, 4.69) is 4.98 Å². The number of aromatic amines is 1. The third-order valence-electron chi connectivity index (χ3n) is 2.27. The molecule has 0 spiro atoms. The summed E-state index contributed by atoms with van der Waals surface area (Å²) in [5, 5.41) is 9.93. The quantitative estimate of drug-likeness (QED) is 0.470. The van der Waals surface area contributed by atoms with E-state index in [1.165, 1.54) is 0 Å². The van der Waals surface area contributed by atoms with Gasteiger partial charge in [-0.3, -0.25) is 0 Å². The predicted octanol–water partition coefficient (Wildman–Crippen LogP) is 2.36. The zero-order valence-corrected chi connectivity index (χ0v) is 9.21. The van der Waals surface area contributed by atoms with Crippen LogP contribution >= 0.6 is 12.2 Å². The lowest BCUT2D eigenvalue weighted by molar-refractivity contribution is 1.48. The van der Waals surface area contributed by atoms with Crippen molar-refractivity contribution >= 4 is 34.2 Å². The van der Waals surface area contributed by atoms with Gasteiger partial charge in [0, 0.05) is 11.7 Å². The van der Waals surface area contributed by atoms with E-state index in [4.69, 9.17) is 23.2 Å². The molecule has 3 nitrogen and oxygen atoms in total. The molecule has 0 aliphatic carbocycles. The van der Waals surface area contributed by atoms with Crippen LogP contribution in [0.15, 0.2) is 36.0 Å². The second-order valence-electron chi connectivity index (χ2n) is 3.36. The first-order valence-corrected chi connectivity index (χ1v) is 5.10. The molecule has 2 rings (SSSR count). The van der Waals surface area contributed by atoms with Crippen molar-refractivity contribution < 1.29 is 0 Å². The monoisotopic (exact) mass is 227 g/mol.